The van der Waals surface area contributed by atoms with E-state index in [1.54, 1.807) is 22.8 Å². The number of amides is 2. The Morgan fingerprint density at radius 3 is 2.50 bits per heavy atom. The number of carbonyl (C=O) groups is 2. The topological polar surface area (TPSA) is 87.8 Å². The Morgan fingerprint density at radius 2 is 1.72 bits per heavy atom. The molecule has 2 heterocycles. The molecule has 2 aromatic carbocycles. The SMILES string of the molecule is O=C(CN1CCN(C(=O)CCCn2c(=O)oc3ccccc32)CC1)Nc1ccccc1Cl. The summed E-state index contributed by atoms with van der Waals surface area (Å²) in [6, 6.07) is 14.4. The van der Waals surface area contributed by atoms with Gasteiger partial charge < -0.3 is 14.6 Å². The zero-order valence-corrected chi connectivity index (χ0v) is 18.4. The average molecular weight is 457 g/mol. The number of hydrogen-bond acceptors (Lipinski definition) is 5. The highest BCUT2D eigenvalue weighted by Crippen LogP contribution is 2.20. The summed E-state index contributed by atoms with van der Waals surface area (Å²) in [6.45, 7) is 3.11. The van der Waals surface area contributed by atoms with Crippen LogP contribution in [-0.4, -0.2) is 58.9 Å². The molecule has 2 amide bonds. The molecule has 0 radical (unpaired) electrons. The number of nitrogens with zero attached hydrogens (tertiary/aromatic N) is 3. The van der Waals surface area contributed by atoms with Crippen LogP contribution in [0.15, 0.2) is 57.7 Å². The molecule has 0 spiro atoms. The molecule has 0 bridgehead atoms. The van der Waals surface area contributed by atoms with Crippen LogP contribution in [0.25, 0.3) is 11.1 Å². The first-order valence-electron chi connectivity index (χ1n) is 10.6. The fraction of sp³-hybridized carbons (Fsp3) is 0.348. The highest BCUT2D eigenvalue weighted by molar-refractivity contribution is 6.33. The number of halogens is 1. The molecule has 1 aliphatic heterocycles. The summed E-state index contributed by atoms with van der Waals surface area (Å²) in [5.41, 5.74) is 1.89. The second kappa shape index (κ2) is 10.0. The minimum absolute atomic E-state index is 0.0611. The molecule has 8 nitrogen and oxygen atoms in total. The molecule has 1 aromatic heterocycles. The lowest BCUT2D eigenvalue weighted by Crippen LogP contribution is -2.50. The van der Waals surface area contributed by atoms with Gasteiger partial charge in [-0.2, -0.15) is 0 Å². The van der Waals surface area contributed by atoms with Crippen molar-refractivity contribution in [3.8, 4) is 0 Å². The maximum Gasteiger partial charge on any atom is 0.419 e. The van der Waals surface area contributed by atoms with Gasteiger partial charge in [-0.1, -0.05) is 35.9 Å². The molecule has 0 atom stereocenters. The molecule has 168 valence electrons. The number of fused-ring (bicyclic) bond motifs is 1. The van der Waals surface area contributed by atoms with Crippen molar-refractivity contribution < 1.29 is 14.0 Å². The van der Waals surface area contributed by atoms with E-state index in [9.17, 15) is 14.4 Å². The normalized spacial score (nSPS) is 14.6. The Morgan fingerprint density at radius 1 is 1.00 bits per heavy atom. The van der Waals surface area contributed by atoms with Gasteiger partial charge >= 0.3 is 5.76 Å². The van der Waals surface area contributed by atoms with Gasteiger partial charge in [0.1, 0.15) is 0 Å². The minimum atomic E-state index is -0.401. The van der Waals surface area contributed by atoms with Crippen LogP contribution in [0.4, 0.5) is 5.69 Å². The van der Waals surface area contributed by atoms with Crippen molar-refractivity contribution in [1.82, 2.24) is 14.4 Å². The fourth-order valence-electron chi connectivity index (χ4n) is 3.88. The van der Waals surface area contributed by atoms with Crippen molar-refractivity contribution >= 4 is 40.2 Å². The third-order valence-electron chi connectivity index (χ3n) is 5.59. The Labute approximate surface area is 190 Å². The summed E-state index contributed by atoms with van der Waals surface area (Å²) in [7, 11) is 0. The quantitative estimate of drug-likeness (QED) is 0.590. The lowest BCUT2D eigenvalue weighted by atomic mass is 10.2. The largest absolute Gasteiger partial charge is 0.419 e. The van der Waals surface area contributed by atoms with E-state index in [4.69, 9.17) is 16.0 Å². The maximum atomic E-state index is 12.6. The van der Waals surface area contributed by atoms with Gasteiger partial charge in [-0.25, -0.2) is 4.79 Å². The van der Waals surface area contributed by atoms with Gasteiger partial charge in [0.05, 0.1) is 22.8 Å². The van der Waals surface area contributed by atoms with Gasteiger partial charge in [0.15, 0.2) is 5.58 Å². The van der Waals surface area contributed by atoms with Crippen LogP contribution >= 0.6 is 11.6 Å². The number of piperazine rings is 1. The Kier molecular flexibility index (Phi) is 6.92. The van der Waals surface area contributed by atoms with Crippen LogP contribution < -0.4 is 11.1 Å². The number of carbonyl (C=O) groups excluding carboxylic acids is 2. The van der Waals surface area contributed by atoms with E-state index in [0.717, 1.165) is 5.52 Å². The van der Waals surface area contributed by atoms with Crippen molar-refractivity contribution in [3.05, 3.63) is 64.1 Å². The van der Waals surface area contributed by atoms with Gasteiger partial charge in [-0.05, 0) is 30.7 Å². The van der Waals surface area contributed by atoms with Crippen LogP contribution in [0.2, 0.25) is 5.02 Å². The highest BCUT2D eigenvalue weighted by atomic mass is 35.5. The maximum absolute atomic E-state index is 12.6. The molecule has 1 N–H and O–H groups in total. The summed E-state index contributed by atoms with van der Waals surface area (Å²) in [4.78, 5) is 40.7. The number of benzene rings is 2. The lowest BCUT2D eigenvalue weighted by molar-refractivity contribution is -0.133. The van der Waals surface area contributed by atoms with Gasteiger partial charge in [-0.3, -0.25) is 19.1 Å². The molecule has 1 aliphatic rings. The van der Waals surface area contributed by atoms with Crippen molar-refractivity contribution in [2.75, 3.05) is 38.0 Å². The second-order valence-electron chi connectivity index (χ2n) is 7.78. The smallest absolute Gasteiger partial charge is 0.408 e. The van der Waals surface area contributed by atoms with E-state index in [2.05, 4.69) is 5.32 Å². The van der Waals surface area contributed by atoms with Crippen LogP contribution in [0.1, 0.15) is 12.8 Å². The number of oxazole rings is 1. The Balaban J connectivity index is 1.20. The average Bonchev–Trinajstić information content (AvgIpc) is 3.11. The van der Waals surface area contributed by atoms with Gasteiger partial charge in [-0.15, -0.1) is 0 Å². The number of rotatable bonds is 7. The molecular formula is C23H25ClN4O4. The minimum Gasteiger partial charge on any atom is -0.408 e. The van der Waals surface area contributed by atoms with Gasteiger partial charge in [0.2, 0.25) is 11.8 Å². The van der Waals surface area contributed by atoms with E-state index in [1.165, 1.54) is 0 Å². The summed E-state index contributed by atoms with van der Waals surface area (Å²) in [5, 5.41) is 3.32. The molecule has 0 aliphatic carbocycles. The molecule has 3 aromatic rings. The van der Waals surface area contributed by atoms with E-state index >= 15 is 0 Å². The zero-order valence-electron chi connectivity index (χ0n) is 17.6. The molecule has 0 unspecified atom stereocenters. The third-order valence-corrected chi connectivity index (χ3v) is 5.92. The molecule has 0 saturated carbocycles. The predicted octanol–water partition coefficient (Wildman–Crippen LogP) is 2.81. The number of hydrogen-bond donors (Lipinski definition) is 1. The first-order valence-corrected chi connectivity index (χ1v) is 11.0. The first kappa shape index (κ1) is 22.1. The van der Waals surface area contributed by atoms with E-state index in [-0.39, 0.29) is 18.4 Å². The highest BCUT2D eigenvalue weighted by Gasteiger charge is 2.22. The molecule has 32 heavy (non-hydrogen) atoms. The summed E-state index contributed by atoms with van der Waals surface area (Å²) < 4.78 is 6.79. The van der Waals surface area contributed by atoms with Crippen LogP contribution in [0.5, 0.6) is 0 Å². The number of aryl methyl sites for hydroxylation is 1. The van der Waals surface area contributed by atoms with Gasteiger partial charge in [0, 0.05) is 39.1 Å². The second-order valence-corrected chi connectivity index (χ2v) is 8.18. The monoisotopic (exact) mass is 456 g/mol. The molecule has 9 heteroatoms. The number of para-hydroxylation sites is 3. The number of aromatic nitrogens is 1. The van der Waals surface area contributed by atoms with E-state index in [0.29, 0.717) is 61.9 Å². The van der Waals surface area contributed by atoms with Crippen LogP contribution in [-0.2, 0) is 16.1 Å². The Hall–Kier alpha value is -3.10. The zero-order chi connectivity index (χ0) is 22.5. The van der Waals surface area contributed by atoms with Crippen molar-refractivity contribution in [2.45, 2.75) is 19.4 Å². The third kappa shape index (κ3) is 5.20. The van der Waals surface area contributed by atoms with Crippen molar-refractivity contribution in [3.63, 3.8) is 0 Å². The fourth-order valence-corrected chi connectivity index (χ4v) is 4.07. The lowest BCUT2D eigenvalue weighted by Gasteiger charge is -2.34. The number of nitrogens with one attached hydrogen (secondary N) is 1. The van der Waals surface area contributed by atoms with Crippen molar-refractivity contribution in [2.24, 2.45) is 0 Å². The Bertz CT molecular complexity index is 1160. The van der Waals surface area contributed by atoms with E-state index in [1.807, 2.05) is 40.1 Å². The molecular weight excluding hydrogens is 432 g/mol. The summed E-state index contributed by atoms with van der Waals surface area (Å²) >= 11 is 6.08. The standard InChI is InChI=1S/C23H25ClN4O4/c24-17-6-1-2-7-18(17)25-21(29)16-26-12-14-27(15-13-26)22(30)10-5-11-28-19-8-3-4-9-20(19)32-23(28)31/h1-4,6-9H,5,10-16H2,(H,25,29). The van der Waals surface area contributed by atoms with E-state index < -0.39 is 5.76 Å². The number of anilines is 1. The summed E-state index contributed by atoms with van der Waals surface area (Å²) in [6.07, 6.45) is 0.918. The van der Waals surface area contributed by atoms with Gasteiger partial charge in [0.25, 0.3) is 0 Å². The molecule has 1 saturated heterocycles. The summed E-state index contributed by atoms with van der Waals surface area (Å²) in [5.74, 6) is -0.469. The molecule has 4 rings (SSSR count). The van der Waals surface area contributed by atoms with Crippen LogP contribution in [0, 0.1) is 0 Å². The van der Waals surface area contributed by atoms with Crippen molar-refractivity contribution in [1.29, 1.82) is 0 Å². The first-order chi connectivity index (χ1) is 15.5. The molecule has 1 fully saturated rings. The van der Waals surface area contributed by atoms with Crippen LogP contribution in [0.3, 0.4) is 0 Å². The predicted molar refractivity (Wildman–Crippen MR) is 123 cm³/mol.